The van der Waals surface area contributed by atoms with E-state index in [9.17, 15) is 9.59 Å². The van der Waals surface area contributed by atoms with Gasteiger partial charge in [0.15, 0.2) is 0 Å². The second-order valence-corrected chi connectivity index (χ2v) is 9.15. The zero-order valence-electron chi connectivity index (χ0n) is 18.6. The molecule has 1 fully saturated rings. The molecule has 172 valence electrons. The highest BCUT2D eigenvalue weighted by Crippen LogP contribution is 2.24. The molecule has 0 unspecified atom stereocenters. The number of halogens is 2. The third-order valence-electron chi connectivity index (χ3n) is 5.99. The zero-order chi connectivity index (χ0) is 23.1. The van der Waals surface area contributed by atoms with Crippen molar-refractivity contribution in [2.24, 2.45) is 0 Å². The topological polar surface area (TPSA) is 58.6 Å². The van der Waals surface area contributed by atoms with E-state index < -0.39 is 6.04 Å². The molecule has 2 aromatic carbocycles. The number of carbonyl (C=O) groups excluding carboxylic acids is 2. The third-order valence-corrected chi connectivity index (χ3v) is 6.58. The lowest BCUT2D eigenvalue weighted by molar-refractivity contribution is -0.140. The fraction of sp³-hybridized carbons (Fsp3) is 0.440. The maximum absolute atomic E-state index is 13.3. The fourth-order valence-electron chi connectivity index (χ4n) is 4.00. The van der Waals surface area contributed by atoms with E-state index in [0.29, 0.717) is 10.0 Å². The summed E-state index contributed by atoms with van der Waals surface area (Å²) in [7, 11) is 1.60. The Labute approximate surface area is 200 Å². The summed E-state index contributed by atoms with van der Waals surface area (Å²) < 4.78 is 5.19. The molecular weight excluding hydrogens is 447 g/mol. The number of methoxy groups -OCH3 is 1. The Morgan fingerprint density at radius 3 is 2.41 bits per heavy atom. The van der Waals surface area contributed by atoms with Gasteiger partial charge in [0.1, 0.15) is 11.8 Å². The summed E-state index contributed by atoms with van der Waals surface area (Å²) in [5.41, 5.74) is 1.60. The Kier molecular flexibility index (Phi) is 8.83. The standard InChI is InChI=1S/C25H30Cl2N2O3/c1-17(25(31)28-21-6-4-3-5-7-21)29(16-19-10-11-20(26)15-23(19)27)24(30)14-18-8-12-22(32-2)13-9-18/h8-13,15,17,21H,3-7,14,16H2,1-2H3,(H,28,31)/t17-/m0/s1. The van der Waals surface area contributed by atoms with Crippen LogP contribution in [0.25, 0.3) is 0 Å². The molecule has 1 atom stereocenters. The number of benzene rings is 2. The number of rotatable bonds is 8. The first-order chi connectivity index (χ1) is 15.4. The molecule has 0 aliphatic heterocycles. The van der Waals surface area contributed by atoms with Gasteiger partial charge in [0.05, 0.1) is 13.5 Å². The first kappa shape index (κ1) is 24.4. The predicted octanol–water partition coefficient (Wildman–Crippen LogP) is 5.41. The number of nitrogens with zero attached hydrogens (tertiary/aromatic N) is 1. The van der Waals surface area contributed by atoms with Crippen molar-refractivity contribution in [3.05, 3.63) is 63.6 Å². The smallest absolute Gasteiger partial charge is 0.242 e. The van der Waals surface area contributed by atoms with Gasteiger partial charge in [0.2, 0.25) is 11.8 Å². The van der Waals surface area contributed by atoms with Gasteiger partial charge in [-0.1, -0.05) is 60.7 Å². The monoisotopic (exact) mass is 476 g/mol. The van der Waals surface area contributed by atoms with Gasteiger partial charge in [-0.15, -0.1) is 0 Å². The van der Waals surface area contributed by atoms with Gasteiger partial charge >= 0.3 is 0 Å². The summed E-state index contributed by atoms with van der Waals surface area (Å²) in [6.07, 6.45) is 5.61. The van der Waals surface area contributed by atoms with E-state index in [2.05, 4.69) is 5.32 Å². The van der Waals surface area contributed by atoms with Crippen LogP contribution in [0.4, 0.5) is 0 Å². The van der Waals surface area contributed by atoms with Crippen LogP contribution >= 0.6 is 23.2 Å². The second kappa shape index (κ2) is 11.6. The van der Waals surface area contributed by atoms with Gasteiger partial charge in [-0.05, 0) is 55.2 Å². The highest BCUT2D eigenvalue weighted by atomic mass is 35.5. The van der Waals surface area contributed by atoms with Gasteiger partial charge in [0.25, 0.3) is 0 Å². The van der Waals surface area contributed by atoms with E-state index in [1.54, 1.807) is 37.1 Å². The Bertz CT molecular complexity index is 927. The van der Waals surface area contributed by atoms with E-state index in [1.807, 2.05) is 24.3 Å². The van der Waals surface area contributed by atoms with Crippen molar-refractivity contribution in [3.63, 3.8) is 0 Å². The minimum atomic E-state index is -0.630. The molecule has 3 rings (SSSR count). The number of ether oxygens (including phenoxy) is 1. The van der Waals surface area contributed by atoms with Crippen LogP contribution in [-0.2, 0) is 22.6 Å². The van der Waals surface area contributed by atoms with Crippen molar-refractivity contribution in [1.29, 1.82) is 0 Å². The maximum Gasteiger partial charge on any atom is 0.242 e. The van der Waals surface area contributed by atoms with Crippen LogP contribution in [0.3, 0.4) is 0 Å². The summed E-state index contributed by atoms with van der Waals surface area (Å²) >= 11 is 12.4. The molecule has 1 N–H and O–H groups in total. The maximum atomic E-state index is 13.3. The van der Waals surface area contributed by atoms with Crippen molar-refractivity contribution >= 4 is 35.0 Å². The molecule has 1 aliphatic rings. The molecule has 0 radical (unpaired) electrons. The summed E-state index contributed by atoms with van der Waals surface area (Å²) in [4.78, 5) is 28.0. The molecule has 0 spiro atoms. The molecule has 0 bridgehead atoms. The average molecular weight is 477 g/mol. The van der Waals surface area contributed by atoms with Crippen LogP contribution in [0.15, 0.2) is 42.5 Å². The van der Waals surface area contributed by atoms with Gasteiger partial charge < -0.3 is 15.0 Å². The first-order valence-corrected chi connectivity index (χ1v) is 11.8. The van der Waals surface area contributed by atoms with Crippen molar-refractivity contribution < 1.29 is 14.3 Å². The zero-order valence-corrected chi connectivity index (χ0v) is 20.1. The van der Waals surface area contributed by atoms with Gasteiger partial charge in [-0.3, -0.25) is 9.59 Å². The van der Waals surface area contributed by atoms with E-state index in [0.717, 1.165) is 42.6 Å². The summed E-state index contributed by atoms with van der Waals surface area (Å²) in [6.45, 7) is 2.00. The molecule has 1 aliphatic carbocycles. The molecular formula is C25H30Cl2N2O3. The van der Waals surface area contributed by atoms with Gasteiger partial charge in [0, 0.05) is 22.6 Å². The van der Waals surface area contributed by atoms with E-state index >= 15 is 0 Å². The quantitative estimate of drug-likeness (QED) is 0.553. The van der Waals surface area contributed by atoms with Crippen LogP contribution in [0.1, 0.15) is 50.2 Å². The molecule has 7 heteroatoms. The van der Waals surface area contributed by atoms with Crippen LogP contribution in [-0.4, -0.2) is 35.9 Å². The largest absolute Gasteiger partial charge is 0.497 e. The van der Waals surface area contributed by atoms with Crippen LogP contribution < -0.4 is 10.1 Å². The number of hydrogen-bond acceptors (Lipinski definition) is 3. The molecule has 5 nitrogen and oxygen atoms in total. The van der Waals surface area contributed by atoms with E-state index in [-0.39, 0.29) is 30.8 Å². The van der Waals surface area contributed by atoms with Crippen molar-refractivity contribution in [3.8, 4) is 5.75 Å². The lowest BCUT2D eigenvalue weighted by Gasteiger charge is -2.31. The molecule has 32 heavy (non-hydrogen) atoms. The number of carbonyl (C=O) groups is 2. The Morgan fingerprint density at radius 2 is 1.78 bits per heavy atom. The minimum Gasteiger partial charge on any atom is -0.497 e. The van der Waals surface area contributed by atoms with Crippen LogP contribution in [0.5, 0.6) is 5.75 Å². The lowest BCUT2D eigenvalue weighted by atomic mass is 9.95. The van der Waals surface area contributed by atoms with Gasteiger partial charge in [-0.25, -0.2) is 0 Å². The Balaban J connectivity index is 1.78. The molecule has 0 aromatic heterocycles. The number of nitrogens with one attached hydrogen (secondary N) is 1. The van der Waals surface area contributed by atoms with Crippen LogP contribution in [0.2, 0.25) is 10.0 Å². The summed E-state index contributed by atoms with van der Waals surface area (Å²) in [5, 5.41) is 4.14. The first-order valence-electron chi connectivity index (χ1n) is 11.0. The summed E-state index contributed by atoms with van der Waals surface area (Å²) in [5.74, 6) is 0.448. The summed E-state index contributed by atoms with van der Waals surface area (Å²) in [6, 6.07) is 12.1. The third kappa shape index (κ3) is 6.63. The lowest BCUT2D eigenvalue weighted by Crippen LogP contribution is -2.50. The van der Waals surface area contributed by atoms with Crippen molar-refractivity contribution in [2.75, 3.05) is 7.11 Å². The predicted molar refractivity (Wildman–Crippen MR) is 128 cm³/mol. The number of hydrogen-bond donors (Lipinski definition) is 1. The Hall–Kier alpha value is -2.24. The molecule has 2 aromatic rings. The van der Waals surface area contributed by atoms with Crippen molar-refractivity contribution in [1.82, 2.24) is 10.2 Å². The van der Waals surface area contributed by atoms with Crippen LogP contribution in [0, 0.1) is 0 Å². The molecule has 0 saturated heterocycles. The molecule has 1 saturated carbocycles. The molecule has 0 heterocycles. The average Bonchev–Trinajstić information content (AvgIpc) is 2.79. The second-order valence-electron chi connectivity index (χ2n) is 8.30. The normalized spacial score (nSPS) is 15.1. The van der Waals surface area contributed by atoms with Crippen molar-refractivity contribution in [2.45, 2.75) is 64.1 Å². The SMILES string of the molecule is COc1ccc(CC(=O)N(Cc2ccc(Cl)cc2Cl)[C@@H](C)C(=O)NC2CCCCC2)cc1. The fourth-order valence-corrected chi connectivity index (χ4v) is 4.47. The highest BCUT2D eigenvalue weighted by molar-refractivity contribution is 6.35. The Morgan fingerprint density at radius 1 is 1.09 bits per heavy atom. The minimum absolute atomic E-state index is 0.134. The highest BCUT2D eigenvalue weighted by Gasteiger charge is 2.28. The molecule has 2 amide bonds. The van der Waals surface area contributed by atoms with E-state index in [1.165, 1.54) is 6.42 Å². The van der Waals surface area contributed by atoms with E-state index in [4.69, 9.17) is 27.9 Å². The van der Waals surface area contributed by atoms with Gasteiger partial charge in [-0.2, -0.15) is 0 Å². The number of amides is 2.